The average molecular weight is 343 g/mol. The zero-order valence-electron chi connectivity index (χ0n) is 11.9. The molecular formula is C16H13F4NOS. The maximum Gasteiger partial charge on any atom is 0.408 e. The lowest BCUT2D eigenvalue weighted by Gasteiger charge is -2.21. The number of fused-ring (bicyclic) bond motifs is 1. The van der Waals surface area contributed by atoms with Crippen LogP contribution in [0.5, 0.6) is 5.75 Å². The van der Waals surface area contributed by atoms with Gasteiger partial charge < -0.3 is 4.74 Å². The SMILES string of the molecule is Fc1ccc(C(NSc2ccc3c(c2)OCC3)C(F)(F)F)cc1. The number of hydrogen-bond acceptors (Lipinski definition) is 3. The molecule has 122 valence electrons. The summed E-state index contributed by atoms with van der Waals surface area (Å²) in [6.45, 7) is 0.595. The number of alkyl halides is 3. The number of ether oxygens (including phenoxy) is 1. The summed E-state index contributed by atoms with van der Waals surface area (Å²) in [5.41, 5.74) is 1.02. The predicted molar refractivity (Wildman–Crippen MR) is 79.8 cm³/mol. The lowest BCUT2D eigenvalue weighted by Crippen LogP contribution is -2.30. The topological polar surface area (TPSA) is 21.3 Å². The molecule has 2 aromatic carbocycles. The molecule has 0 saturated carbocycles. The standard InChI is InChI=1S/C16H13F4NOS/c17-12-4-1-11(2-5-12)15(16(18,19)20)21-23-13-6-3-10-7-8-22-14(10)9-13/h1-6,9,15,21H,7-8H2. The van der Waals surface area contributed by atoms with E-state index in [4.69, 9.17) is 4.74 Å². The van der Waals surface area contributed by atoms with Gasteiger partial charge in [0.2, 0.25) is 0 Å². The molecule has 3 rings (SSSR count). The Labute approximate surface area is 135 Å². The normalized spacial score (nSPS) is 15.1. The Morgan fingerprint density at radius 1 is 1.09 bits per heavy atom. The van der Waals surface area contributed by atoms with Crippen LogP contribution >= 0.6 is 11.9 Å². The highest BCUT2D eigenvalue weighted by molar-refractivity contribution is 7.97. The van der Waals surface area contributed by atoms with Gasteiger partial charge in [0.05, 0.1) is 6.61 Å². The van der Waals surface area contributed by atoms with Gasteiger partial charge in [-0.2, -0.15) is 13.2 Å². The first-order valence-electron chi connectivity index (χ1n) is 6.94. The highest BCUT2D eigenvalue weighted by Gasteiger charge is 2.40. The molecule has 0 fully saturated rings. The molecule has 2 aromatic rings. The van der Waals surface area contributed by atoms with Gasteiger partial charge in [0.1, 0.15) is 17.6 Å². The molecule has 1 N–H and O–H groups in total. The molecule has 1 aliphatic rings. The molecule has 0 aromatic heterocycles. The van der Waals surface area contributed by atoms with Crippen LogP contribution in [-0.2, 0) is 6.42 Å². The summed E-state index contributed by atoms with van der Waals surface area (Å²) in [5.74, 6) is 0.139. The van der Waals surface area contributed by atoms with Gasteiger partial charge in [-0.3, -0.25) is 0 Å². The van der Waals surface area contributed by atoms with E-state index in [-0.39, 0.29) is 5.56 Å². The zero-order valence-corrected chi connectivity index (χ0v) is 12.7. The summed E-state index contributed by atoms with van der Waals surface area (Å²) in [7, 11) is 0. The van der Waals surface area contributed by atoms with Gasteiger partial charge >= 0.3 is 6.18 Å². The minimum Gasteiger partial charge on any atom is -0.493 e. The van der Waals surface area contributed by atoms with Crippen LogP contribution in [0.2, 0.25) is 0 Å². The first kappa shape index (κ1) is 16.1. The highest BCUT2D eigenvalue weighted by atomic mass is 32.2. The summed E-state index contributed by atoms with van der Waals surface area (Å²) in [5, 5.41) is 0. The maximum atomic E-state index is 13.2. The van der Waals surface area contributed by atoms with Crippen LogP contribution in [0, 0.1) is 5.82 Å². The lowest BCUT2D eigenvalue weighted by atomic mass is 10.1. The number of nitrogens with one attached hydrogen (secondary N) is 1. The van der Waals surface area contributed by atoms with Gasteiger partial charge in [0, 0.05) is 11.3 Å². The van der Waals surface area contributed by atoms with E-state index >= 15 is 0 Å². The van der Waals surface area contributed by atoms with Crippen LogP contribution in [0.3, 0.4) is 0 Å². The number of hydrogen-bond donors (Lipinski definition) is 1. The molecule has 1 heterocycles. The van der Waals surface area contributed by atoms with Gasteiger partial charge in [0.25, 0.3) is 0 Å². The van der Waals surface area contributed by atoms with Crippen LogP contribution in [0.4, 0.5) is 17.6 Å². The van der Waals surface area contributed by atoms with Crippen molar-refractivity contribution in [1.82, 2.24) is 4.72 Å². The third kappa shape index (κ3) is 3.79. The molecule has 2 nitrogen and oxygen atoms in total. The average Bonchev–Trinajstić information content (AvgIpc) is 2.95. The van der Waals surface area contributed by atoms with E-state index < -0.39 is 18.0 Å². The Morgan fingerprint density at radius 2 is 1.83 bits per heavy atom. The second kappa shape index (κ2) is 6.41. The summed E-state index contributed by atoms with van der Waals surface area (Å²) < 4.78 is 60.4. The molecule has 0 spiro atoms. The van der Waals surface area contributed by atoms with Crippen LogP contribution < -0.4 is 9.46 Å². The van der Waals surface area contributed by atoms with Gasteiger partial charge in [-0.15, -0.1) is 0 Å². The molecule has 0 bridgehead atoms. The molecule has 1 atom stereocenters. The first-order valence-corrected chi connectivity index (χ1v) is 7.75. The van der Waals surface area contributed by atoms with E-state index in [2.05, 4.69) is 4.72 Å². The van der Waals surface area contributed by atoms with E-state index in [1.54, 1.807) is 12.1 Å². The van der Waals surface area contributed by atoms with Crippen molar-refractivity contribution in [2.45, 2.75) is 23.5 Å². The fraction of sp³-hybridized carbons (Fsp3) is 0.250. The molecular weight excluding hydrogens is 330 g/mol. The Kier molecular flexibility index (Phi) is 4.50. The van der Waals surface area contributed by atoms with E-state index in [1.807, 2.05) is 6.07 Å². The minimum atomic E-state index is -4.49. The van der Waals surface area contributed by atoms with Gasteiger partial charge in [-0.05, 0) is 47.3 Å². The van der Waals surface area contributed by atoms with E-state index in [0.29, 0.717) is 17.3 Å². The Morgan fingerprint density at radius 3 is 2.52 bits per heavy atom. The van der Waals surface area contributed by atoms with E-state index in [1.165, 1.54) is 0 Å². The molecule has 23 heavy (non-hydrogen) atoms. The van der Waals surface area contributed by atoms with Crippen molar-refractivity contribution in [3.63, 3.8) is 0 Å². The smallest absolute Gasteiger partial charge is 0.408 e. The molecule has 0 radical (unpaired) electrons. The second-order valence-corrected chi connectivity index (χ2v) is 6.03. The van der Waals surface area contributed by atoms with Crippen molar-refractivity contribution in [3.8, 4) is 5.75 Å². The number of rotatable bonds is 4. The maximum absolute atomic E-state index is 13.2. The van der Waals surface area contributed by atoms with Gasteiger partial charge in [-0.1, -0.05) is 18.2 Å². The largest absolute Gasteiger partial charge is 0.493 e. The van der Waals surface area contributed by atoms with Crippen molar-refractivity contribution in [1.29, 1.82) is 0 Å². The van der Waals surface area contributed by atoms with E-state index in [0.717, 1.165) is 48.2 Å². The van der Waals surface area contributed by atoms with Crippen molar-refractivity contribution < 1.29 is 22.3 Å². The summed E-state index contributed by atoms with van der Waals surface area (Å²) in [4.78, 5) is 0.627. The minimum absolute atomic E-state index is 0.0381. The van der Waals surface area contributed by atoms with Crippen LogP contribution in [-0.4, -0.2) is 12.8 Å². The monoisotopic (exact) mass is 343 g/mol. The molecule has 1 unspecified atom stereocenters. The molecule has 0 aliphatic carbocycles. The Bertz CT molecular complexity index is 687. The summed E-state index contributed by atoms with van der Waals surface area (Å²) in [6, 6.07) is 7.74. The quantitative estimate of drug-likeness (QED) is 0.644. The highest BCUT2D eigenvalue weighted by Crippen LogP contribution is 2.36. The summed E-state index contributed by atoms with van der Waals surface area (Å²) in [6.07, 6.45) is -3.67. The zero-order chi connectivity index (χ0) is 16.4. The summed E-state index contributed by atoms with van der Waals surface area (Å²) >= 11 is 0.877. The lowest BCUT2D eigenvalue weighted by molar-refractivity contribution is -0.152. The predicted octanol–water partition coefficient (Wildman–Crippen LogP) is 4.66. The van der Waals surface area contributed by atoms with Crippen molar-refractivity contribution in [2.75, 3.05) is 6.61 Å². The van der Waals surface area contributed by atoms with Crippen LogP contribution in [0.15, 0.2) is 47.4 Å². The molecule has 7 heteroatoms. The second-order valence-electron chi connectivity index (χ2n) is 5.11. The fourth-order valence-corrected chi connectivity index (χ4v) is 3.14. The molecule has 0 saturated heterocycles. The van der Waals surface area contributed by atoms with Crippen molar-refractivity contribution in [2.24, 2.45) is 0 Å². The Balaban J connectivity index is 1.75. The molecule has 0 amide bonds. The fourth-order valence-electron chi connectivity index (χ4n) is 2.32. The van der Waals surface area contributed by atoms with Crippen molar-refractivity contribution >= 4 is 11.9 Å². The number of benzene rings is 2. The van der Waals surface area contributed by atoms with Crippen LogP contribution in [0.1, 0.15) is 17.2 Å². The third-order valence-electron chi connectivity index (χ3n) is 3.49. The Hall–Kier alpha value is -1.73. The van der Waals surface area contributed by atoms with Gasteiger partial charge in [0.15, 0.2) is 0 Å². The third-order valence-corrected chi connectivity index (χ3v) is 4.34. The number of halogens is 4. The van der Waals surface area contributed by atoms with Crippen molar-refractivity contribution in [3.05, 3.63) is 59.4 Å². The van der Waals surface area contributed by atoms with E-state index in [9.17, 15) is 17.6 Å². The van der Waals surface area contributed by atoms with Gasteiger partial charge in [-0.25, -0.2) is 9.11 Å². The first-order chi connectivity index (χ1) is 10.9. The molecule has 1 aliphatic heterocycles. The van der Waals surface area contributed by atoms with Crippen LogP contribution in [0.25, 0.3) is 0 Å².